The highest BCUT2D eigenvalue weighted by atomic mass is 16.8. The molecule has 4 aliphatic heterocycles. The molecule has 0 bridgehead atoms. The fraction of sp³-hybridized carbons (Fsp3) is 0.606. The van der Waals surface area contributed by atoms with Crippen LogP contribution in [-0.4, -0.2) is 167 Å². The topological polar surface area (TPSA) is 304 Å². The molecule has 4 heterocycles. The second kappa shape index (κ2) is 15.6. The Bertz CT molecular complexity index is 1540. The van der Waals surface area contributed by atoms with E-state index in [2.05, 4.69) is 0 Å². The van der Waals surface area contributed by atoms with E-state index in [9.17, 15) is 61.0 Å². The lowest BCUT2D eigenvalue weighted by atomic mass is 9.95. The molecular formula is C33H42O19. The van der Waals surface area contributed by atoms with E-state index in [4.69, 9.17) is 33.2 Å². The zero-order chi connectivity index (χ0) is 37.6. The van der Waals surface area contributed by atoms with Gasteiger partial charge in [0, 0.05) is 12.1 Å². The zero-order valence-electron chi connectivity index (χ0n) is 27.5. The van der Waals surface area contributed by atoms with Crippen molar-refractivity contribution >= 4 is 5.78 Å². The van der Waals surface area contributed by atoms with Gasteiger partial charge in [-0.05, 0) is 24.6 Å². The molecule has 0 spiro atoms. The summed E-state index contributed by atoms with van der Waals surface area (Å²) >= 11 is 0. The predicted octanol–water partition coefficient (Wildman–Crippen LogP) is -3.34. The van der Waals surface area contributed by atoms with Crippen molar-refractivity contribution < 1.29 is 94.1 Å². The van der Waals surface area contributed by atoms with Gasteiger partial charge in [-0.15, -0.1) is 0 Å². The first-order valence-electron chi connectivity index (χ1n) is 16.5. The molecule has 19 heteroatoms. The number of benzene rings is 2. The van der Waals surface area contributed by atoms with Gasteiger partial charge >= 0.3 is 0 Å². The molecule has 3 fully saturated rings. The van der Waals surface area contributed by atoms with Crippen LogP contribution in [0, 0.1) is 0 Å². The molecule has 52 heavy (non-hydrogen) atoms. The number of phenols is 2. The van der Waals surface area contributed by atoms with Crippen molar-refractivity contribution in [3.05, 3.63) is 47.5 Å². The number of ketones is 1. The minimum atomic E-state index is -1.93. The van der Waals surface area contributed by atoms with Gasteiger partial charge in [0.15, 0.2) is 24.5 Å². The lowest BCUT2D eigenvalue weighted by Crippen LogP contribution is -2.66. The largest absolute Gasteiger partial charge is 0.508 e. The number of aromatic hydroxyl groups is 2. The lowest BCUT2D eigenvalue weighted by Gasteiger charge is -2.47. The van der Waals surface area contributed by atoms with E-state index < -0.39 is 123 Å². The van der Waals surface area contributed by atoms with Gasteiger partial charge in [0.2, 0.25) is 6.29 Å². The molecule has 11 N–H and O–H groups in total. The van der Waals surface area contributed by atoms with Crippen LogP contribution in [-0.2, 0) is 23.7 Å². The quantitative estimate of drug-likeness (QED) is 0.120. The van der Waals surface area contributed by atoms with Gasteiger partial charge in [0.1, 0.15) is 95.7 Å². The Balaban J connectivity index is 1.19. The number of Topliss-reactive ketones (excluding diaryl/α,β-unsaturated/α-hetero) is 1. The molecule has 0 saturated carbocycles. The van der Waals surface area contributed by atoms with Crippen molar-refractivity contribution in [3.8, 4) is 23.0 Å². The first-order valence-corrected chi connectivity index (χ1v) is 16.5. The summed E-state index contributed by atoms with van der Waals surface area (Å²) in [5, 5.41) is 114. The first kappa shape index (κ1) is 38.5. The second-order valence-corrected chi connectivity index (χ2v) is 13.1. The van der Waals surface area contributed by atoms with Crippen molar-refractivity contribution in [2.75, 3.05) is 13.2 Å². The molecule has 4 aliphatic rings. The summed E-state index contributed by atoms with van der Waals surface area (Å²) in [4.78, 5) is 13.0. The van der Waals surface area contributed by atoms with Crippen LogP contribution in [0.4, 0.5) is 0 Å². The molecule has 0 amide bonds. The fourth-order valence-electron chi connectivity index (χ4n) is 6.58. The Hall–Kier alpha value is -3.25. The number of ether oxygens (including phenoxy) is 7. The van der Waals surface area contributed by atoms with Gasteiger partial charge in [0.25, 0.3) is 0 Å². The van der Waals surface area contributed by atoms with Crippen molar-refractivity contribution in [2.24, 2.45) is 0 Å². The first-order chi connectivity index (χ1) is 24.7. The minimum absolute atomic E-state index is 0.00806. The molecule has 0 radical (unpaired) electrons. The van der Waals surface area contributed by atoms with Crippen LogP contribution in [0.5, 0.6) is 23.0 Å². The number of aliphatic hydroxyl groups is 9. The highest BCUT2D eigenvalue weighted by Gasteiger charge is 2.53. The Kier molecular flexibility index (Phi) is 11.6. The van der Waals surface area contributed by atoms with Gasteiger partial charge in [-0.3, -0.25) is 4.79 Å². The smallest absolute Gasteiger partial charge is 0.229 e. The maximum atomic E-state index is 13.0. The summed E-state index contributed by atoms with van der Waals surface area (Å²) in [5.41, 5.74) is 0.448. The second-order valence-electron chi connectivity index (χ2n) is 13.1. The Morgan fingerprint density at radius 1 is 0.692 bits per heavy atom. The summed E-state index contributed by atoms with van der Waals surface area (Å²) < 4.78 is 40.1. The number of carbonyl (C=O) groups excluding carboxylic acids is 1. The molecular weight excluding hydrogens is 700 g/mol. The van der Waals surface area contributed by atoms with Gasteiger partial charge in [-0.25, -0.2) is 0 Å². The number of hydrogen-bond acceptors (Lipinski definition) is 19. The Morgan fingerprint density at radius 3 is 1.90 bits per heavy atom. The van der Waals surface area contributed by atoms with Gasteiger partial charge in [-0.2, -0.15) is 0 Å². The number of fused-ring (bicyclic) bond motifs is 1. The molecule has 2 aromatic carbocycles. The van der Waals surface area contributed by atoms with E-state index in [0.29, 0.717) is 5.56 Å². The summed E-state index contributed by atoms with van der Waals surface area (Å²) in [6.07, 6.45) is -25.7. The molecule has 0 aliphatic carbocycles. The van der Waals surface area contributed by atoms with Crippen LogP contribution < -0.4 is 9.47 Å². The van der Waals surface area contributed by atoms with Gasteiger partial charge < -0.3 is 89.3 Å². The summed E-state index contributed by atoms with van der Waals surface area (Å²) in [7, 11) is 0. The standard InChI is InChI=1S/C33H42O19/c1-11-29(51-32-27(44)24(41)22(39)19(9-34)49-32)26(43)28(45)31(46-11)52-30-25(42)23(40)20(10-35)50-33(30)47-14-6-15(37)21-16(38)8-17(48-18(21)7-14)12-2-4-13(36)5-3-12/h2-7,11,17,19-20,22-37,39-45H,8-10H2,1H3. The molecule has 16 atom stereocenters. The van der Waals surface area contributed by atoms with Crippen LogP contribution in [0.3, 0.4) is 0 Å². The maximum Gasteiger partial charge on any atom is 0.229 e. The molecule has 16 unspecified atom stereocenters. The third-order valence-corrected chi connectivity index (χ3v) is 9.52. The van der Waals surface area contributed by atoms with Crippen LogP contribution in [0.1, 0.15) is 35.4 Å². The molecule has 3 saturated heterocycles. The van der Waals surface area contributed by atoms with E-state index in [1.165, 1.54) is 25.1 Å². The highest BCUT2D eigenvalue weighted by molar-refractivity contribution is 6.02. The average molecular weight is 743 g/mol. The number of rotatable bonds is 9. The molecule has 288 valence electrons. The number of aliphatic hydroxyl groups excluding tert-OH is 9. The number of phenolic OH excluding ortho intramolecular Hbond substituents is 2. The highest BCUT2D eigenvalue weighted by Crippen LogP contribution is 2.43. The molecule has 2 aromatic rings. The Morgan fingerprint density at radius 2 is 1.25 bits per heavy atom. The van der Waals surface area contributed by atoms with Crippen LogP contribution in [0.25, 0.3) is 0 Å². The van der Waals surface area contributed by atoms with Crippen molar-refractivity contribution in [1.29, 1.82) is 0 Å². The summed E-state index contributed by atoms with van der Waals surface area (Å²) in [5.74, 6) is -1.18. The Labute approximate surface area is 295 Å². The zero-order valence-corrected chi connectivity index (χ0v) is 27.5. The van der Waals surface area contributed by atoms with Crippen LogP contribution >= 0.6 is 0 Å². The average Bonchev–Trinajstić information content (AvgIpc) is 3.11. The summed E-state index contributed by atoms with van der Waals surface area (Å²) in [6, 6.07) is 8.33. The summed E-state index contributed by atoms with van der Waals surface area (Å²) in [6.45, 7) is -0.125. The number of hydrogen-bond donors (Lipinski definition) is 11. The SMILES string of the molecule is CC1OC(OC2C(Oc3cc(O)c4c(c3)OC(c3ccc(O)cc3)CC4=O)OC(CO)C(O)C2O)C(O)C(O)C1OC1OC(CO)C(O)C(O)C1O. The van der Waals surface area contributed by atoms with Crippen LogP contribution in [0.2, 0.25) is 0 Å². The van der Waals surface area contributed by atoms with E-state index in [1.54, 1.807) is 12.1 Å². The maximum absolute atomic E-state index is 13.0. The third-order valence-electron chi connectivity index (χ3n) is 9.52. The van der Waals surface area contributed by atoms with Crippen molar-refractivity contribution in [2.45, 2.75) is 112 Å². The fourth-order valence-corrected chi connectivity index (χ4v) is 6.58. The van der Waals surface area contributed by atoms with Crippen molar-refractivity contribution in [1.82, 2.24) is 0 Å². The monoisotopic (exact) mass is 742 g/mol. The minimum Gasteiger partial charge on any atom is -0.508 e. The third kappa shape index (κ3) is 7.43. The van der Waals surface area contributed by atoms with Gasteiger partial charge in [-0.1, -0.05) is 12.1 Å². The number of carbonyl (C=O) groups is 1. The van der Waals surface area contributed by atoms with E-state index >= 15 is 0 Å². The van der Waals surface area contributed by atoms with E-state index in [-0.39, 0.29) is 29.2 Å². The van der Waals surface area contributed by atoms with Crippen molar-refractivity contribution in [3.63, 3.8) is 0 Å². The molecule has 6 rings (SSSR count). The predicted molar refractivity (Wildman–Crippen MR) is 167 cm³/mol. The lowest BCUT2D eigenvalue weighted by molar-refractivity contribution is -0.376. The van der Waals surface area contributed by atoms with Crippen LogP contribution in [0.15, 0.2) is 36.4 Å². The van der Waals surface area contributed by atoms with Gasteiger partial charge in [0.05, 0.1) is 25.7 Å². The van der Waals surface area contributed by atoms with E-state index in [0.717, 1.165) is 6.07 Å². The molecule has 19 nitrogen and oxygen atoms in total. The molecule has 0 aromatic heterocycles. The van der Waals surface area contributed by atoms with E-state index in [1.807, 2.05) is 0 Å². The normalized spacial score (nSPS) is 40.8.